The largest absolute Gasteiger partial charge is 0.480 e. The highest BCUT2D eigenvalue weighted by molar-refractivity contribution is 7.99. The van der Waals surface area contributed by atoms with Crippen LogP contribution in [0.4, 0.5) is 0 Å². The fraction of sp³-hybridized carbons (Fsp3) is 0.462. The van der Waals surface area contributed by atoms with Crippen molar-refractivity contribution in [1.82, 2.24) is 0 Å². The second-order valence-electron chi connectivity index (χ2n) is 4.44. The van der Waals surface area contributed by atoms with Crippen LogP contribution in [0.25, 0.3) is 0 Å². The van der Waals surface area contributed by atoms with E-state index in [4.69, 9.17) is 10.8 Å². The van der Waals surface area contributed by atoms with Gasteiger partial charge < -0.3 is 10.8 Å². The van der Waals surface area contributed by atoms with Crippen molar-refractivity contribution < 1.29 is 9.90 Å². The third kappa shape index (κ3) is 4.40. The number of hydrogen-bond acceptors (Lipinski definition) is 3. The minimum Gasteiger partial charge on any atom is -0.480 e. The smallest absolute Gasteiger partial charge is 0.323 e. The van der Waals surface area contributed by atoms with Gasteiger partial charge >= 0.3 is 5.97 Å². The molecular formula is C13H19NO2S. The molecule has 3 nitrogen and oxygen atoms in total. The summed E-state index contributed by atoms with van der Waals surface area (Å²) in [7, 11) is 0. The van der Waals surface area contributed by atoms with Crippen LogP contribution in [-0.2, 0) is 4.79 Å². The van der Waals surface area contributed by atoms with E-state index in [1.165, 1.54) is 10.5 Å². The lowest BCUT2D eigenvalue weighted by Gasteiger charge is -2.18. The SMILES string of the molecule is Cc1ccccc1SCCCC(C)(N)C(=O)O. The third-order valence-electron chi connectivity index (χ3n) is 2.68. The van der Waals surface area contributed by atoms with Gasteiger partial charge in [0.15, 0.2) is 0 Å². The highest BCUT2D eigenvalue weighted by Crippen LogP contribution is 2.23. The molecule has 4 heteroatoms. The Morgan fingerprint density at radius 2 is 2.12 bits per heavy atom. The number of nitrogens with two attached hydrogens (primary N) is 1. The molecule has 1 atom stereocenters. The van der Waals surface area contributed by atoms with E-state index >= 15 is 0 Å². The summed E-state index contributed by atoms with van der Waals surface area (Å²) < 4.78 is 0. The maximum absolute atomic E-state index is 10.8. The number of carboxylic acid groups (broad SMARTS) is 1. The number of thioether (sulfide) groups is 1. The topological polar surface area (TPSA) is 63.3 Å². The first kappa shape index (κ1) is 14.1. The van der Waals surface area contributed by atoms with Crippen LogP contribution >= 0.6 is 11.8 Å². The van der Waals surface area contributed by atoms with Crippen LogP contribution in [0.1, 0.15) is 25.3 Å². The summed E-state index contributed by atoms with van der Waals surface area (Å²) in [6.45, 7) is 3.64. The summed E-state index contributed by atoms with van der Waals surface area (Å²) in [4.78, 5) is 12.1. The molecule has 0 bridgehead atoms. The number of aliphatic carboxylic acids is 1. The van der Waals surface area contributed by atoms with Gasteiger partial charge in [-0.2, -0.15) is 0 Å². The van der Waals surface area contributed by atoms with Crippen molar-refractivity contribution in [2.24, 2.45) is 5.73 Å². The average Bonchev–Trinajstić information content (AvgIpc) is 2.26. The van der Waals surface area contributed by atoms with Crippen LogP contribution in [0.2, 0.25) is 0 Å². The molecule has 1 aromatic rings. The number of carboxylic acids is 1. The molecule has 0 saturated heterocycles. The number of rotatable bonds is 6. The summed E-state index contributed by atoms with van der Waals surface area (Å²) >= 11 is 1.75. The van der Waals surface area contributed by atoms with E-state index in [1.807, 2.05) is 12.1 Å². The van der Waals surface area contributed by atoms with Crippen LogP contribution < -0.4 is 5.73 Å². The first-order chi connectivity index (χ1) is 7.93. The molecule has 17 heavy (non-hydrogen) atoms. The maximum atomic E-state index is 10.8. The third-order valence-corrected chi connectivity index (χ3v) is 3.94. The number of hydrogen-bond donors (Lipinski definition) is 2. The minimum atomic E-state index is -1.10. The summed E-state index contributed by atoms with van der Waals surface area (Å²) in [5, 5.41) is 8.87. The Bertz CT molecular complexity index is 391. The average molecular weight is 253 g/mol. The predicted molar refractivity (Wildman–Crippen MR) is 71.4 cm³/mol. The van der Waals surface area contributed by atoms with Crippen LogP contribution in [0, 0.1) is 6.92 Å². The standard InChI is InChI=1S/C13H19NO2S/c1-10-6-3-4-7-11(10)17-9-5-8-13(2,14)12(15)16/h3-4,6-7H,5,8-9,14H2,1-2H3,(H,15,16). The molecule has 0 fully saturated rings. The van der Waals surface area contributed by atoms with Gasteiger partial charge in [-0.05, 0) is 44.1 Å². The molecular weight excluding hydrogens is 234 g/mol. The zero-order chi connectivity index (χ0) is 12.9. The highest BCUT2D eigenvalue weighted by atomic mass is 32.2. The van der Waals surface area contributed by atoms with E-state index in [9.17, 15) is 4.79 Å². The Hall–Kier alpha value is -1.00. The highest BCUT2D eigenvalue weighted by Gasteiger charge is 2.26. The van der Waals surface area contributed by atoms with E-state index in [1.54, 1.807) is 18.7 Å². The summed E-state index contributed by atoms with van der Waals surface area (Å²) in [5.74, 6) is -0.0383. The monoisotopic (exact) mass is 253 g/mol. The van der Waals surface area contributed by atoms with Gasteiger partial charge in [0.05, 0.1) is 0 Å². The lowest BCUT2D eigenvalue weighted by Crippen LogP contribution is -2.44. The molecule has 1 rings (SSSR count). The lowest BCUT2D eigenvalue weighted by molar-refractivity contribution is -0.142. The molecule has 0 aliphatic heterocycles. The van der Waals surface area contributed by atoms with Gasteiger partial charge in [-0.25, -0.2) is 0 Å². The molecule has 0 aromatic heterocycles. The number of aryl methyl sites for hydroxylation is 1. The molecule has 0 heterocycles. The van der Waals surface area contributed by atoms with Gasteiger partial charge in [0.25, 0.3) is 0 Å². The molecule has 1 unspecified atom stereocenters. The first-order valence-corrected chi connectivity index (χ1v) is 6.63. The molecule has 0 spiro atoms. The maximum Gasteiger partial charge on any atom is 0.323 e. The summed E-state index contributed by atoms with van der Waals surface area (Å²) in [6, 6.07) is 8.19. The van der Waals surface area contributed by atoms with Crippen LogP contribution in [0.5, 0.6) is 0 Å². The van der Waals surface area contributed by atoms with Crippen molar-refractivity contribution in [3.05, 3.63) is 29.8 Å². The van der Waals surface area contributed by atoms with Crippen molar-refractivity contribution in [3.63, 3.8) is 0 Å². The fourth-order valence-electron chi connectivity index (χ4n) is 1.45. The van der Waals surface area contributed by atoms with Gasteiger partial charge in [0.2, 0.25) is 0 Å². The van der Waals surface area contributed by atoms with Crippen molar-refractivity contribution in [1.29, 1.82) is 0 Å². The Kier molecular flexibility index (Phi) is 5.02. The molecule has 0 radical (unpaired) electrons. The van der Waals surface area contributed by atoms with E-state index < -0.39 is 11.5 Å². The Labute approximate surface area is 106 Å². The van der Waals surface area contributed by atoms with Crippen LogP contribution in [0.3, 0.4) is 0 Å². The van der Waals surface area contributed by atoms with Gasteiger partial charge in [-0.15, -0.1) is 11.8 Å². The molecule has 1 aromatic carbocycles. The Morgan fingerprint density at radius 1 is 1.47 bits per heavy atom. The van der Waals surface area contributed by atoms with Crippen molar-refractivity contribution in [2.75, 3.05) is 5.75 Å². The summed E-state index contributed by atoms with van der Waals surface area (Å²) in [5.41, 5.74) is 5.81. The molecule has 94 valence electrons. The molecule has 0 aliphatic rings. The first-order valence-electron chi connectivity index (χ1n) is 5.64. The second-order valence-corrected chi connectivity index (χ2v) is 5.58. The van der Waals surface area contributed by atoms with E-state index in [0.717, 1.165) is 12.2 Å². The number of benzene rings is 1. The molecule has 0 amide bonds. The fourth-order valence-corrected chi connectivity index (χ4v) is 2.43. The van der Waals surface area contributed by atoms with Crippen molar-refractivity contribution >= 4 is 17.7 Å². The Morgan fingerprint density at radius 3 is 2.71 bits per heavy atom. The lowest BCUT2D eigenvalue weighted by atomic mass is 9.98. The van der Waals surface area contributed by atoms with E-state index in [0.29, 0.717) is 6.42 Å². The van der Waals surface area contributed by atoms with E-state index in [2.05, 4.69) is 19.1 Å². The molecule has 0 aliphatic carbocycles. The van der Waals surface area contributed by atoms with Crippen LogP contribution in [0.15, 0.2) is 29.2 Å². The zero-order valence-electron chi connectivity index (χ0n) is 10.3. The molecule has 3 N–H and O–H groups in total. The van der Waals surface area contributed by atoms with Gasteiger partial charge in [-0.3, -0.25) is 4.79 Å². The second kappa shape index (κ2) is 6.07. The van der Waals surface area contributed by atoms with Gasteiger partial charge in [0.1, 0.15) is 5.54 Å². The van der Waals surface area contributed by atoms with Crippen molar-refractivity contribution in [2.45, 2.75) is 37.1 Å². The predicted octanol–water partition coefficient (Wildman–Crippen LogP) is 2.67. The molecule has 0 saturated carbocycles. The minimum absolute atomic E-state index is 0.501. The van der Waals surface area contributed by atoms with E-state index in [-0.39, 0.29) is 0 Å². The van der Waals surface area contributed by atoms with Gasteiger partial charge in [0, 0.05) is 4.90 Å². The normalized spacial score (nSPS) is 14.3. The van der Waals surface area contributed by atoms with Crippen LogP contribution in [-0.4, -0.2) is 22.4 Å². The van der Waals surface area contributed by atoms with Crippen molar-refractivity contribution in [3.8, 4) is 0 Å². The quantitative estimate of drug-likeness (QED) is 0.604. The Balaban J connectivity index is 2.35. The van der Waals surface area contributed by atoms with Gasteiger partial charge in [-0.1, -0.05) is 18.2 Å². The number of carbonyl (C=O) groups is 1. The summed E-state index contributed by atoms with van der Waals surface area (Å²) in [6.07, 6.45) is 1.31. The zero-order valence-corrected chi connectivity index (χ0v) is 11.1.